The molecule has 4 nitrogen and oxygen atoms in total. The second-order valence-electron chi connectivity index (χ2n) is 3.44. The second kappa shape index (κ2) is 2.83. The zero-order valence-corrected chi connectivity index (χ0v) is 8.47. The van der Waals surface area contributed by atoms with Crippen LogP contribution >= 0.6 is 15.9 Å². The predicted octanol–water partition coefficient (Wildman–Crippen LogP) is 1.68. The largest absolute Gasteiger partial charge is 0.481 e. The third-order valence-corrected chi connectivity index (χ3v) is 3.07. The monoisotopic (exact) mass is 244 g/mol. The van der Waals surface area contributed by atoms with E-state index in [-0.39, 0.29) is 11.8 Å². The van der Waals surface area contributed by atoms with Crippen molar-refractivity contribution in [2.75, 3.05) is 0 Å². The minimum atomic E-state index is -0.751. The minimum Gasteiger partial charge on any atom is -0.481 e. The van der Waals surface area contributed by atoms with Crippen molar-refractivity contribution >= 4 is 21.9 Å². The quantitative estimate of drug-likeness (QED) is 0.851. The summed E-state index contributed by atoms with van der Waals surface area (Å²) in [4.78, 5) is 10.6. The maximum atomic E-state index is 10.6. The van der Waals surface area contributed by atoms with Gasteiger partial charge < -0.3 is 5.11 Å². The summed E-state index contributed by atoms with van der Waals surface area (Å²) in [7, 11) is 0. The maximum absolute atomic E-state index is 10.6. The Bertz CT molecular complexity index is 344. The number of nitrogens with one attached hydrogen (secondary N) is 1. The highest BCUT2D eigenvalue weighted by Crippen LogP contribution is 2.52. The van der Waals surface area contributed by atoms with Gasteiger partial charge in [0.2, 0.25) is 0 Å². The Morgan fingerprint density at radius 3 is 2.85 bits per heavy atom. The SMILES string of the molecule is O=C(O)CC1(c2[nH]ncc2Br)CC1. The Morgan fingerprint density at radius 1 is 1.77 bits per heavy atom. The Labute approximate surface area is 83.5 Å². The number of aromatic amines is 1. The molecule has 1 saturated carbocycles. The molecule has 2 rings (SSSR count). The fourth-order valence-corrected chi connectivity index (χ4v) is 2.21. The number of hydrogen-bond acceptors (Lipinski definition) is 2. The minimum absolute atomic E-state index is 0.179. The van der Waals surface area contributed by atoms with Gasteiger partial charge >= 0.3 is 5.97 Å². The first-order valence-electron chi connectivity index (χ1n) is 4.05. The summed E-state index contributed by atoms with van der Waals surface area (Å²) in [6.45, 7) is 0. The molecule has 0 unspecified atom stereocenters. The van der Waals surface area contributed by atoms with Crippen LogP contribution in [0.5, 0.6) is 0 Å². The topological polar surface area (TPSA) is 66.0 Å². The normalized spacial score (nSPS) is 18.5. The molecule has 2 N–H and O–H groups in total. The van der Waals surface area contributed by atoms with Crippen LogP contribution in [-0.4, -0.2) is 21.3 Å². The van der Waals surface area contributed by atoms with Crippen LogP contribution in [0.15, 0.2) is 10.7 Å². The van der Waals surface area contributed by atoms with E-state index in [1.165, 1.54) is 0 Å². The number of nitrogens with zero attached hydrogens (tertiary/aromatic N) is 1. The van der Waals surface area contributed by atoms with E-state index in [0.29, 0.717) is 0 Å². The van der Waals surface area contributed by atoms with Gasteiger partial charge in [-0.05, 0) is 28.8 Å². The van der Waals surface area contributed by atoms with Crippen LogP contribution in [0, 0.1) is 0 Å². The van der Waals surface area contributed by atoms with Gasteiger partial charge in [0, 0.05) is 5.41 Å². The van der Waals surface area contributed by atoms with Gasteiger partial charge in [-0.2, -0.15) is 5.10 Å². The molecule has 1 aromatic rings. The third-order valence-electron chi connectivity index (χ3n) is 2.47. The van der Waals surface area contributed by atoms with Crippen molar-refractivity contribution in [1.82, 2.24) is 10.2 Å². The molecule has 0 spiro atoms. The highest BCUT2D eigenvalue weighted by Gasteiger charge is 2.48. The lowest BCUT2D eigenvalue weighted by molar-refractivity contribution is -0.137. The van der Waals surface area contributed by atoms with Crippen LogP contribution in [0.25, 0.3) is 0 Å². The average molecular weight is 245 g/mol. The number of aromatic nitrogens is 2. The molecule has 0 aliphatic heterocycles. The van der Waals surface area contributed by atoms with Gasteiger partial charge in [-0.1, -0.05) is 0 Å². The summed E-state index contributed by atoms with van der Waals surface area (Å²) < 4.78 is 0.881. The van der Waals surface area contributed by atoms with Crippen molar-refractivity contribution < 1.29 is 9.90 Å². The molecule has 13 heavy (non-hydrogen) atoms. The lowest BCUT2D eigenvalue weighted by Crippen LogP contribution is -2.13. The molecule has 0 aromatic carbocycles. The van der Waals surface area contributed by atoms with E-state index in [9.17, 15) is 4.79 Å². The molecule has 1 aliphatic carbocycles. The number of aliphatic carboxylic acids is 1. The van der Waals surface area contributed by atoms with Crippen LogP contribution in [0.4, 0.5) is 0 Å². The Morgan fingerprint density at radius 2 is 2.46 bits per heavy atom. The second-order valence-corrected chi connectivity index (χ2v) is 4.30. The first-order valence-corrected chi connectivity index (χ1v) is 4.84. The lowest BCUT2D eigenvalue weighted by atomic mass is 9.99. The number of hydrogen-bond donors (Lipinski definition) is 2. The van der Waals surface area contributed by atoms with Crippen molar-refractivity contribution in [1.29, 1.82) is 0 Å². The van der Waals surface area contributed by atoms with Crippen molar-refractivity contribution in [3.05, 3.63) is 16.4 Å². The molecule has 70 valence electrons. The van der Waals surface area contributed by atoms with Gasteiger partial charge in [-0.25, -0.2) is 0 Å². The Balaban J connectivity index is 2.25. The predicted molar refractivity (Wildman–Crippen MR) is 49.5 cm³/mol. The first kappa shape index (κ1) is 8.74. The van der Waals surface area contributed by atoms with Crippen molar-refractivity contribution in [3.63, 3.8) is 0 Å². The van der Waals surface area contributed by atoms with Gasteiger partial charge in [0.15, 0.2) is 0 Å². The summed E-state index contributed by atoms with van der Waals surface area (Å²) >= 11 is 3.35. The smallest absolute Gasteiger partial charge is 0.304 e. The summed E-state index contributed by atoms with van der Waals surface area (Å²) in [5, 5.41) is 15.5. The van der Waals surface area contributed by atoms with E-state index in [1.54, 1.807) is 6.20 Å². The fraction of sp³-hybridized carbons (Fsp3) is 0.500. The molecule has 5 heteroatoms. The highest BCUT2D eigenvalue weighted by molar-refractivity contribution is 9.10. The number of H-pyrrole nitrogens is 1. The van der Waals surface area contributed by atoms with Gasteiger partial charge in [-0.3, -0.25) is 9.89 Å². The van der Waals surface area contributed by atoms with Crippen molar-refractivity contribution in [2.24, 2.45) is 0 Å². The molecule has 0 radical (unpaired) electrons. The Kier molecular flexibility index (Phi) is 1.91. The number of carboxylic acid groups (broad SMARTS) is 1. The lowest BCUT2D eigenvalue weighted by Gasteiger charge is -2.09. The molecule has 0 bridgehead atoms. The highest BCUT2D eigenvalue weighted by atomic mass is 79.9. The first-order chi connectivity index (χ1) is 6.14. The maximum Gasteiger partial charge on any atom is 0.304 e. The fourth-order valence-electron chi connectivity index (χ4n) is 1.60. The molecular weight excluding hydrogens is 236 g/mol. The van der Waals surface area contributed by atoms with Crippen molar-refractivity contribution in [2.45, 2.75) is 24.7 Å². The molecular formula is C8H9BrN2O2. The Hall–Kier alpha value is -0.840. The van der Waals surface area contributed by atoms with E-state index >= 15 is 0 Å². The summed E-state index contributed by atoms with van der Waals surface area (Å²) in [5.41, 5.74) is 0.746. The van der Waals surface area contributed by atoms with Crippen LogP contribution < -0.4 is 0 Å². The van der Waals surface area contributed by atoms with E-state index in [0.717, 1.165) is 23.0 Å². The van der Waals surface area contributed by atoms with E-state index in [1.807, 2.05) is 0 Å². The van der Waals surface area contributed by atoms with Crippen LogP contribution in [0.3, 0.4) is 0 Å². The molecule has 1 aliphatic rings. The van der Waals surface area contributed by atoms with Gasteiger partial charge in [0.05, 0.1) is 22.8 Å². The van der Waals surface area contributed by atoms with Crippen LogP contribution in [0.1, 0.15) is 25.0 Å². The van der Waals surface area contributed by atoms with Gasteiger partial charge in [-0.15, -0.1) is 0 Å². The molecule has 0 saturated heterocycles. The number of halogens is 1. The molecule has 1 fully saturated rings. The number of rotatable bonds is 3. The summed E-state index contributed by atoms with van der Waals surface area (Å²) in [6.07, 6.45) is 3.71. The van der Waals surface area contributed by atoms with E-state index in [2.05, 4.69) is 26.1 Å². The third kappa shape index (κ3) is 1.48. The molecule has 0 amide bonds. The average Bonchev–Trinajstić information content (AvgIpc) is 2.65. The van der Waals surface area contributed by atoms with Crippen LogP contribution in [-0.2, 0) is 10.2 Å². The van der Waals surface area contributed by atoms with E-state index < -0.39 is 5.97 Å². The number of carbonyl (C=O) groups is 1. The van der Waals surface area contributed by atoms with Gasteiger partial charge in [0.25, 0.3) is 0 Å². The van der Waals surface area contributed by atoms with Gasteiger partial charge in [0.1, 0.15) is 0 Å². The molecule has 1 aromatic heterocycles. The zero-order chi connectivity index (χ0) is 9.47. The van der Waals surface area contributed by atoms with E-state index in [4.69, 9.17) is 5.11 Å². The molecule has 1 heterocycles. The zero-order valence-electron chi connectivity index (χ0n) is 6.88. The summed E-state index contributed by atoms with van der Waals surface area (Å²) in [5.74, 6) is -0.751. The standard InChI is InChI=1S/C8H9BrN2O2/c9-5-4-10-11-7(5)8(1-2-8)3-6(12)13/h4H,1-3H2,(H,10,11)(H,12,13). The van der Waals surface area contributed by atoms with Crippen LogP contribution in [0.2, 0.25) is 0 Å². The number of carboxylic acids is 1. The van der Waals surface area contributed by atoms with Crippen molar-refractivity contribution in [3.8, 4) is 0 Å². The summed E-state index contributed by atoms with van der Waals surface area (Å²) in [6, 6.07) is 0. The molecule has 0 atom stereocenters.